The number of hydrogen-bond acceptors (Lipinski definition) is 3. The van der Waals surface area contributed by atoms with Crippen LogP contribution in [0.25, 0.3) is 0 Å². The summed E-state index contributed by atoms with van der Waals surface area (Å²) >= 11 is 6.33. The van der Waals surface area contributed by atoms with Crippen molar-refractivity contribution in [3.8, 4) is 0 Å². The van der Waals surface area contributed by atoms with Crippen molar-refractivity contribution in [1.82, 2.24) is 14.9 Å². The number of aryl methyl sites for hydroxylation is 1. The zero-order valence-corrected chi connectivity index (χ0v) is 12.8. The molecule has 0 radical (unpaired) electrons. The Morgan fingerprint density at radius 3 is 3.00 bits per heavy atom. The summed E-state index contributed by atoms with van der Waals surface area (Å²) in [5.74, 6) is 0.882. The monoisotopic (exact) mass is 299 g/mol. The molecule has 2 atom stereocenters. The van der Waals surface area contributed by atoms with Gasteiger partial charge in [0, 0.05) is 41.8 Å². The molecule has 4 rings (SSSR count). The van der Waals surface area contributed by atoms with Crippen LogP contribution in [-0.2, 0) is 13.0 Å². The van der Waals surface area contributed by atoms with Gasteiger partial charge in [-0.1, -0.05) is 29.8 Å². The van der Waals surface area contributed by atoms with E-state index < -0.39 is 0 Å². The number of halogens is 1. The van der Waals surface area contributed by atoms with E-state index in [-0.39, 0.29) is 0 Å². The highest BCUT2D eigenvalue weighted by Gasteiger charge is 2.40. The first-order valence-electron chi connectivity index (χ1n) is 7.54. The summed E-state index contributed by atoms with van der Waals surface area (Å²) in [5, 5.41) is 0.864. The van der Waals surface area contributed by atoms with Crippen molar-refractivity contribution in [2.45, 2.75) is 44.8 Å². The van der Waals surface area contributed by atoms with Crippen molar-refractivity contribution in [2.24, 2.45) is 0 Å². The van der Waals surface area contributed by atoms with Gasteiger partial charge >= 0.3 is 0 Å². The van der Waals surface area contributed by atoms with E-state index in [0.717, 1.165) is 23.8 Å². The van der Waals surface area contributed by atoms with Gasteiger partial charge in [-0.2, -0.15) is 0 Å². The maximum absolute atomic E-state index is 6.33. The Hall–Kier alpha value is -1.45. The Morgan fingerprint density at radius 1 is 1.29 bits per heavy atom. The minimum absolute atomic E-state index is 0.454. The molecule has 1 aromatic heterocycles. The number of nitrogens with zero attached hydrogens (tertiary/aromatic N) is 3. The van der Waals surface area contributed by atoms with E-state index in [9.17, 15) is 0 Å². The normalized spacial score (nSPS) is 24.1. The molecule has 3 nitrogen and oxygen atoms in total. The highest BCUT2D eigenvalue weighted by atomic mass is 35.5. The summed E-state index contributed by atoms with van der Waals surface area (Å²) in [6, 6.07) is 9.20. The number of fused-ring (bicyclic) bond motifs is 4. The highest BCUT2D eigenvalue weighted by molar-refractivity contribution is 6.31. The molecule has 2 bridgehead atoms. The van der Waals surface area contributed by atoms with Gasteiger partial charge in [0.25, 0.3) is 0 Å². The average molecular weight is 300 g/mol. The lowest BCUT2D eigenvalue weighted by atomic mass is 9.98. The summed E-state index contributed by atoms with van der Waals surface area (Å²) < 4.78 is 0. The van der Waals surface area contributed by atoms with Crippen LogP contribution in [0, 0.1) is 6.92 Å². The zero-order chi connectivity index (χ0) is 14.4. The fraction of sp³-hybridized carbons (Fsp3) is 0.412. The van der Waals surface area contributed by atoms with Crippen molar-refractivity contribution in [3.05, 3.63) is 58.1 Å². The topological polar surface area (TPSA) is 29.0 Å². The van der Waals surface area contributed by atoms with Crippen LogP contribution in [0.15, 0.2) is 30.5 Å². The summed E-state index contributed by atoms with van der Waals surface area (Å²) in [6.45, 7) is 2.89. The molecule has 2 aliphatic rings. The molecule has 0 saturated carbocycles. The van der Waals surface area contributed by atoms with Gasteiger partial charge in [-0.05, 0) is 31.4 Å². The van der Waals surface area contributed by atoms with Crippen molar-refractivity contribution in [3.63, 3.8) is 0 Å². The maximum atomic E-state index is 6.33. The predicted molar refractivity (Wildman–Crippen MR) is 83.2 cm³/mol. The molecule has 108 valence electrons. The second-order valence-corrected chi connectivity index (χ2v) is 6.44. The van der Waals surface area contributed by atoms with Crippen molar-refractivity contribution in [2.75, 3.05) is 0 Å². The summed E-state index contributed by atoms with van der Waals surface area (Å²) in [7, 11) is 0. The van der Waals surface area contributed by atoms with Gasteiger partial charge in [0.1, 0.15) is 5.82 Å². The zero-order valence-electron chi connectivity index (χ0n) is 12.1. The molecule has 1 fully saturated rings. The Bertz CT molecular complexity index is 685. The minimum Gasteiger partial charge on any atom is -0.289 e. The van der Waals surface area contributed by atoms with E-state index in [0.29, 0.717) is 12.1 Å². The third-order valence-corrected chi connectivity index (χ3v) is 5.13. The van der Waals surface area contributed by atoms with Crippen molar-refractivity contribution < 1.29 is 0 Å². The Balaban J connectivity index is 1.67. The van der Waals surface area contributed by atoms with E-state index >= 15 is 0 Å². The standard InChI is InChI=1S/C17H18ClN3/c1-11-19-9-14-16(20-11)8-13-6-7-17(14)21(13)10-12-4-2-3-5-15(12)18/h2-5,9,13,17H,6-8,10H2,1H3. The highest BCUT2D eigenvalue weighted by Crippen LogP contribution is 2.43. The first-order chi connectivity index (χ1) is 10.2. The fourth-order valence-electron chi connectivity index (χ4n) is 3.74. The second kappa shape index (κ2) is 5.08. The van der Waals surface area contributed by atoms with Crippen LogP contribution in [0.1, 0.15) is 41.5 Å². The third kappa shape index (κ3) is 2.25. The van der Waals surface area contributed by atoms with Crippen LogP contribution in [0.2, 0.25) is 5.02 Å². The lowest BCUT2D eigenvalue weighted by Gasteiger charge is -2.35. The predicted octanol–water partition coefficient (Wildman–Crippen LogP) is 3.70. The summed E-state index contributed by atoms with van der Waals surface area (Å²) in [4.78, 5) is 11.6. The smallest absolute Gasteiger partial charge is 0.125 e. The van der Waals surface area contributed by atoms with Gasteiger partial charge < -0.3 is 0 Å². The van der Waals surface area contributed by atoms with Crippen LogP contribution < -0.4 is 0 Å². The average Bonchev–Trinajstić information content (AvgIpc) is 2.75. The number of rotatable bonds is 2. The van der Waals surface area contributed by atoms with E-state index in [1.165, 1.54) is 29.7 Å². The lowest BCUT2D eigenvalue weighted by molar-refractivity contribution is 0.166. The molecule has 21 heavy (non-hydrogen) atoms. The van der Waals surface area contributed by atoms with Crippen LogP contribution in [0.4, 0.5) is 0 Å². The molecule has 4 heteroatoms. The van der Waals surface area contributed by atoms with Crippen LogP contribution in [0.3, 0.4) is 0 Å². The van der Waals surface area contributed by atoms with Gasteiger partial charge in [-0.3, -0.25) is 4.90 Å². The number of aromatic nitrogens is 2. The van der Waals surface area contributed by atoms with Gasteiger partial charge in [0.05, 0.1) is 5.69 Å². The SMILES string of the molecule is Cc1ncc2c(n1)CC1CCC2N1Cc1ccccc1Cl. The third-order valence-electron chi connectivity index (χ3n) is 4.76. The molecule has 0 N–H and O–H groups in total. The molecular formula is C17H18ClN3. The largest absolute Gasteiger partial charge is 0.289 e. The maximum Gasteiger partial charge on any atom is 0.125 e. The fourth-order valence-corrected chi connectivity index (χ4v) is 3.94. The van der Waals surface area contributed by atoms with E-state index in [1.54, 1.807) is 0 Å². The van der Waals surface area contributed by atoms with E-state index in [2.05, 4.69) is 27.0 Å². The number of benzene rings is 1. The van der Waals surface area contributed by atoms with Gasteiger partial charge in [-0.25, -0.2) is 9.97 Å². The summed E-state index contributed by atoms with van der Waals surface area (Å²) in [6.07, 6.45) is 5.52. The molecular weight excluding hydrogens is 282 g/mol. The van der Waals surface area contributed by atoms with Gasteiger partial charge in [0.2, 0.25) is 0 Å². The molecule has 1 saturated heterocycles. The first kappa shape index (κ1) is 13.2. The number of hydrogen-bond donors (Lipinski definition) is 0. The quantitative estimate of drug-likeness (QED) is 0.846. The Kier molecular flexibility index (Phi) is 3.20. The molecule has 1 aromatic carbocycles. The van der Waals surface area contributed by atoms with Crippen molar-refractivity contribution in [1.29, 1.82) is 0 Å². The van der Waals surface area contributed by atoms with Crippen LogP contribution in [0.5, 0.6) is 0 Å². The summed E-state index contributed by atoms with van der Waals surface area (Å²) in [5.41, 5.74) is 3.79. The minimum atomic E-state index is 0.454. The van der Waals surface area contributed by atoms with Crippen molar-refractivity contribution >= 4 is 11.6 Å². The van der Waals surface area contributed by atoms with Crippen LogP contribution in [-0.4, -0.2) is 20.9 Å². The van der Waals surface area contributed by atoms with Gasteiger partial charge in [0.15, 0.2) is 0 Å². The molecule has 0 spiro atoms. The Labute approximate surface area is 130 Å². The van der Waals surface area contributed by atoms with Crippen LogP contribution >= 0.6 is 11.6 Å². The van der Waals surface area contributed by atoms with E-state index in [4.69, 9.17) is 11.6 Å². The molecule has 0 amide bonds. The molecule has 2 aromatic rings. The van der Waals surface area contributed by atoms with Gasteiger partial charge in [-0.15, -0.1) is 0 Å². The molecule has 2 unspecified atom stereocenters. The first-order valence-corrected chi connectivity index (χ1v) is 7.92. The molecule has 0 aliphatic carbocycles. The Morgan fingerprint density at radius 2 is 2.14 bits per heavy atom. The molecule has 3 heterocycles. The second-order valence-electron chi connectivity index (χ2n) is 6.03. The van der Waals surface area contributed by atoms with E-state index in [1.807, 2.05) is 25.3 Å². The molecule has 2 aliphatic heterocycles. The lowest BCUT2D eigenvalue weighted by Crippen LogP contribution is -2.37.